The number of nitrogens with one attached hydrogen (secondary N) is 4. The standard InChI is InChI=1S/C20H25N5O6S/c1-30-12-10-22-20(27)25-19-23-17-8-5-15(13-18(17)24-19)31-32(28,29)16-6-3-14(4-7-16)21-9-2-11-26/h3-8,13,21,26H,2,9-12H2,1H3,(H3,22,23,24,25,27). The van der Waals surface area contributed by atoms with Gasteiger partial charge in [-0.1, -0.05) is 0 Å². The third-order valence-corrected chi connectivity index (χ3v) is 5.55. The maximum absolute atomic E-state index is 12.6. The Morgan fingerprint density at radius 1 is 1.16 bits per heavy atom. The van der Waals surface area contributed by atoms with Gasteiger partial charge in [0.1, 0.15) is 10.6 Å². The molecule has 32 heavy (non-hydrogen) atoms. The number of anilines is 2. The van der Waals surface area contributed by atoms with E-state index in [0.717, 1.165) is 5.69 Å². The van der Waals surface area contributed by atoms with Crippen LogP contribution in [0.25, 0.3) is 11.0 Å². The minimum atomic E-state index is -4.04. The largest absolute Gasteiger partial charge is 0.396 e. The molecule has 0 saturated carbocycles. The van der Waals surface area contributed by atoms with E-state index in [0.29, 0.717) is 37.2 Å². The number of aromatic nitrogens is 2. The average molecular weight is 464 g/mol. The number of benzene rings is 2. The Hall–Kier alpha value is -3.35. The zero-order valence-corrected chi connectivity index (χ0v) is 18.2. The number of fused-ring (bicyclic) bond motifs is 1. The molecule has 11 nitrogen and oxygen atoms in total. The summed E-state index contributed by atoms with van der Waals surface area (Å²) >= 11 is 0. The molecule has 0 fully saturated rings. The summed E-state index contributed by atoms with van der Waals surface area (Å²) in [7, 11) is -2.51. The van der Waals surface area contributed by atoms with Crippen molar-refractivity contribution in [1.82, 2.24) is 15.3 Å². The van der Waals surface area contributed by atoms with Crippen LogP contribution < -0.4 is 20.1 Å². The number of hydrogen-bond acceptors (Lipinski definition) is 8. The van der Waals surface area contributed by atoms with Gasteiger partial charge in [-0.05, 0) is 42.8 Å². The molecule has 3 rings (SSSR count). The van der Waals surface area contributed by atoms with Crippen LogP contribution in [0, 0.1) is 0 Å². The predicted molar refractivity (Wildman–Crippen MR) is 119 cm³/mol. The van der Waals surface area contributed by atoms with Crippen molar-refractivity contribution < 1.29 is 27.2 Å². The fourth-order valence-corrected chi connectivity index (χ4v) is 3.67. The SMILES string of the molecule is COCCNC(=O)Nc1nc2ccc(OS(=O)(=O)c3ccc(NCCCO)cc3)cc2[nH]1. The number of aromatic amines is 1. The van der Waals surface area contributed by atoms with Gasteiger partial charge < -0.3 is 29.6 Å². The van der Waals surface area contributed by atoms with Gasteiger partial charge in [-0.15, -0.1) is 0 Å². The number of hydrogen-bond donors (Lipinski definition) is 5. The molecule has 0 bridgehead atoms. The summed E-state index contributed by atoms with van der Waals surface area (Å²) in [4.78, 5) is 19.0. The van der Waals surface area contributed by atoms with E-state index in [1.165, 1.54) is 31.4 Å². The van der Waals surface area contributed by atoms with Gasteiger partial charge in [-0.25, -0.2) is 9.78 Å². The smallest absolute Gasteiger partial charge is 0.339 e. The van der Waals surface area contributed by atoms with Crippen LogP contribution in [0.3, 0.4) is 0 Å². The van der Waals surface area contributed by atoms with Gasteiger partial charge in [0.2, 0.25) is 5.95 Å². The number of methoxy groups -OCH3 is 1. The summed E-state index contributed by atoms with van der Waals surface area (Å²) in [6, 6.07) is 10.2. The predicted octanol–water partition coefficient (Wildman–Crippen LogP) is 1.89. The Bertz CT molecular complexity index is 1150. The number of ether oxygens (including phenoxy) is 1. The Morgan fingerprint density at radius 2 is 1.94 bits per heavy atom. The molecular weight excluding hydrogens is 438 g/mol. The lowest BCUT2D eigenvalue weighted by Crippen LogP contribution is -2.31. The molecule has 2 aromatic carbocycles. The molecular formula is C20H25N5O6S. The Morgan fingerprint density at radius 3 is 2.66 bits per heavy atom. The number of rotatable bonds is 11. The first kappa shape index (κ1) is 23.3. The number of H-pyrrole nitrogens is 1. The molecule has 1 aromatic heterocycles. The zero-order valence-electron chi connectivity index (χ0n) is 17.4. The van der Waals surface area contributed by atoms with Gasteiger partial charge in [0.15, 0.2) is 0 Å². The molecule has 0 aliphatic carbocycles. The first-order valence-corrected chi connectivity index (χ1v) is 11.2. The van der Waals surface area contributed by atoms with Gasteiger partial charge in [-0.2, -0.15) is 8.42 Å². The van der Waals surface area contributed by atoms with Crippen molar-refractivity contribution in [3.8, 4) is 5.75 Å². The maximum Gasteiger partial charge on any atom is 0.339 e. The first-order valence-electron chi connectivity index (χ1n) is 9.84. The number of imidazole rings is 1. The zero-order chi connectivity index (χ0) is 23.0. The lowest BCUT2D eigenvalue weighted by molar-refractivity contribution is 0.198. The fraction of sp³-hybridized carbons (Fsp3) is 0.300. The molecule has 5 N–H and O–H groups in total. The highest BCUT2D eigenvalue weighted by atomic mass is 32.2. The topological polar surface area (TPSA) is 155 Å². The van der Waals surface area contributed by atoms with Gasteiger partial charge in [0, 0.05) is 38.6 Å². The summed E-state index contributed by atoms with van der Waals surface area (Å²) < 4.78 is 35.3. The van der Waals surface area contributed by atoms with E-state index in [1.807, 2.05) is 0 Å². The van der Waals surface area contributed by atoms with Crippen molar-refractivity contribution >= 4 is 38.8 Å². The molecule has 0 radical (unpaired) electrons. The molecule has 2 amide bonds. The lowest BCUT2D eigenvalue weighted by atomic mass is 10.3. The fourth-order valence-electron chi connectivity index (χ4n) is 2.74. The minimum absolute atomic E-state index is 0.00463. The van der Waals surface area contributed by atoms with Crippen LogP contribution in [0.2, 0.25) is 0 Å². The van der Waals surface area contributed by atoms with Crippen LogP contribution in [-0.2, 0) is 14.9 Å². The Kier molecular flexibility index (Phi) is 7.87. The van der Waals surface area contributed by atoms with Gasteiger partial charge in [0.05, 0.1) is 17.6 Å². The van der Waals surface area contributed by atoms with Crippen LogP contribution in [0.1, 0.15) is 6.42 Å². The molecule has 0 atom stereocenters. The van der Waals surface area contributed by atoms with Crippen molar-refractivity contribution in [2.24, 2.45) is 0 Å². The number of nitrogens with zero attached hydrogens (tertiary/aromatic N) is 1. The molecule has 0 saturated heterocycles. The highest BCUT2D eigenvalue weighted by Crippen LogP contribution is 2.24. The minimum Gasteiger partial charge on any atom is -0.396 e. The van der Waals surface area contributed by atoms with Crippen LogP contribution >= 0.6 is 0 Å². The number of carbonyl (C=O) groups is 1. The van der Waals surface area contributed by atoms with Gasteiger partial charge >= 0.3 is 16.1 Å². The normalized spacial score (nSPS) is 11.3. The average Bonchev–Trinajstić information content (AvgIpc) is 3.15. The molecule has 0 aliphatic rings. The summed E-state index contributed by atoms with van der Waals surface area (Å²) in [5, 5.41) is 17.0. The van der Waals surface area contributed by atoms with Crippen molar-refractivity contribution in [2.45, 2.75) is 11.3 Å². The van der Waals surface area contributed by atoms with E-state index in [-0.39, 0.29) is 23.2 Å². The summed E-state index contributed by atoms with van der Waals surface area (Å²) in [5.74, 6) is 0.307. The first-order chi connectivity index (χ1) is 15.4. The monoisotopic (exact) mass is 463 g/mol. The second kappa shape index (κ2) is 10.8. The number of amides is 2. The number of aliphatic hydroxyl groups excluding tert-OH is 1. The lowest BCUT2D eigenvalue weighted by Gasteiger charge is -2.09. The van der Waals surface area contributed by atoms with Crippen molar-refractivity contribution in [2.75, 3.05) is 44.0 Å². The van der Waals surface area contributed by atoms with Crippen LogP contribution in [0.5, 0.6) is 5.75 Å². The third kappa shape index (κ3) is 6.33. The number of aliphatic hydroxyl groups is 1. The van der Waals surface area contributed by atoms with Crippen LogP contribution in [0.4, 0.5) is 16.4 Å². The Balaban J connectivity index is 1.66. The maximum atomic E-state index is 12.6. The van der Waals surface area contributed by atoms with Gasteiger partial charge in [-0.3, -0.25) is 5.32 Å². The molecule has 3 aromatic rings. The van der Waals surface area contributed by atoms with Crippen molar-refractivity contribution in [3.63, 3.8) is 0 Å². The quantitative estimate of drug-likeness (QED) is 0.213. The highest BCUT2D eigenvalue weighted by molar-refractivity contribution is 7.87. The van der Waals surface area contributed by atoms with E-state index in [1.54, 1.807) is 18.2 Å². The second-order valence-electron chi connectivity index (χ2n) is 6.70. The molecule has 0 spiro atoms. The summed E-state index contributed by atoms with van der Waals surface area (Å²) in [5.41, 5.74) is 1.76. The van der Waals surface area contributed by atoms with Gasteiger partial charge in [0.25, 0.3) is 0 Å². The van der Waals surface area contributed by atoms with Crippen molar-refractivity contribution in [1.29, 1.82) is 0 Å². The molecule has 172 valence electrons. The number of urea groups is 1. The highest BCUT2D eigenvalue weighted by Gasteiger charge is 2.17. The molecule has 1 heterocycles. The van der Waals surface area contributed by atoms with E-state index >= 15 is 0 Å². The second-order valence-corrected chi connectivity index (χ2v) is 8.25. The summed E-state index contributed by atoms with van der Waals surface area (Å²) in [6.07, 6.45) is 0.592. The van der Waals surface area contributed by atoms with E-state index in [9.17, 15) is 13.2 Å². The molecule has 0 aliphatic heterocycles. The number of carbonyl (C=O) groups excluding carboxylic acids is 1. The molecule has 0 unspecified atom stereocenters. The van der Waals surface area contributed by atoms with Crippen molar-refractivity contribution in [3.05, 3.63) is 42.5 Å². The Labute approximate surface area is 185 Å². The van der Waals surface area contributed by atoms with Crippen LogP contribution in [0.15, 0.2) is 47.4 Å². The van der Waals surface area contributed by atoms with E-state index in [2.05, 4.69) is 25.9 Å². The van der Waals surface area contributed by atoms with Crippen LogP contribution in [-0.4, -0.2) is 62.9 Å². The van der Waals surface area contributed by atoms with E-state index in [4.69, 9.17) is 14.0 Å². The third-order valence-electron chi connectivity index (χ3n) is 4.29. The summed E-state index contributed by atoms with van der Waals surface area (Å²) in [6.45, 7) is 1.38. The molecule has 12 heteroatoms. The van der Waals surface area contributed by atoms with E-state index < -0.39 is 16.1 Å².